The normalized spacial score (nSPS) is 19.0. The molecule has 0 radical (unpaired) electrons. The zero-order valence-electron chi connectivity index (χ0n) is 23.1. The maximum absolute atomic E-state index is 13.3. The van der Waals surface area contributed by atoms with Crippen molar-refractivity contribution in [3.05, 3.63) is 69.8 Å². The lowest BCUT2D eigenvalue weighted by atomic mass is 9.76. The molecule has 2 saturated heterocycles. The summed E-state index contributed by atoms with van der Waals surface area (Å²) in [7, 11) is 0. The fourth-order valence-electron chi connectivity index (χ4n) is 5.59. The lowest BCUT2D eigenvalue weighted by molar-refractivity contribution is -0.385. The first-order valence-electron chi connectivity index (χ1n) is 13.6. The number of amides is 1. The highest BCUT2D eigenvalue weighted by Crippen LogP contribution is 2.47. The van der Waals surface area contributed by atoms with Gasteiger partial charge in [-0.2, -0.15) is 13.2 Å². The zero-order chi connectivity index (χ0) is 29.8. The summed E-state index contributed by atoms with van der Waals surface area (Å²) in [6, 6.07) is 13.3. The second-order valence-electron chi connectivity index (χ2n) is 11.1. The fraction of sp³-hybridized carbons (Fsp3) is 0.517. The first kappa shape index (κ1) is 30.3. The lowest BCUT2D eigenvalue weighted by Gasteiger charge is -2.43. The van der Waals surface area contributed by atoms with Crippen molar-refractivity contribution in [2.75, 3.05) is 26.2 Å². The first-order chi connectivity index (χ1) is 19.4. The predicted octanol–water partition coefficient (Wildman–Crippen LogP) is 5.12. The van der Waals surface area contributed by atoms with E-state index in [9.17, 15) is 32.9 Å². The van der Waals surface area contributed by atoms with Gasteiger partial charge in [-0.1, -0.05) is 50.2 Å². The molecule has 2 heterocycles. The Bertz CT molecular complexity index is 1260. The molecule has 41 heavy (non-hydrogen) atoms. The van der Waals surface area contributed by atoms with E-state index in [4.69, 9.17) is 9.47 Å². The van der Waals surface area contributed by atoms with Crippen molar-refractivity contribution in [2.24, 2.45) is 11.3 Å². The van der Waals surface area contributed by atoms with Crippen LogP contribution in [0.3, 0.4) is 0 Å². The van der Waals surface area contributed by atoms with Gasteiger partial charge in [0.1, 0.15) is 5.75 Å². The predicted molar refractivity (Wildman–Crippen MR) is 143 cm³/mol. The number of carbonyl (C=O) groups excluding carboxylic acids is 2. The number of ether oxygens (including phenoxy) is 2. The van der Waals surface area contributed by atoms with Crippen LogP contribution in [0.25, 0.3) is 0 Å². The quantitative estimate of drug-likeness (QED) is 0.232. The molecule has 0 saturated carbocycles. The average Bonchev–Trinajstić information content (AvgIpc) is 3.23. The van der Waals surface area contributed by atoms with Crippen molar-refractivity contribution in [3.8, 4) is 5.75 Å². The molecule has 2 fully saturated rings. The highest BCUT2D eigenvalue weighted by Gasteiger charge is 2.54. The van der Waals surface area contributed by atoms with Crippen LogP contribution in [-0.4, -0.2) is 65.2 Å². The van der Waals surface area contributed by atoms with E-state index in [1.807, 2.05) is 38.1 Å². The number of alkyl halides is 3. The Morgan fingerprint density at radius 2 is 1.63 bits per heavy atom. The van der Waals surface area contributed by atoms with Crippen LogP contribution in [-0.2, 0) is 27.3 Å². The average molecular weight is 578 g/mol. The number of halogens is 3. The number of nitrogens with zero attached hydrogens (tertiary/aromatic N) is 3. The molecule has 222 valence electrons. The largest absolute Gasteiger partial charge is 0.493 e. The van der Waals surface area contributed by atoms with Gasteiger partial charge in [0.15, 0.2) is 6.23 Å². The Kier molecular flexibility index (Phi) is 9.21. The van der Waals surface area contributed by atoms with Gasteiger partial charge in [0.05, 0.1) is 18.0 Å². The maximum Gasteiger partial charge on any atom is 0.490 e. The van der Waals surface area contributed by atoms with E-state index in [-0.39, 0.29) is 43.6 Å². The Balaban J connectivity index is 1.50. The van der Waals surface area contributed by atoms with E-state index >= 15 is 0 Å². The number of esters is 1. The lowest BCUT2D eigenvalue weighted by Crippen LogP contribution is -2.51. The molecular weight excluding hydrogens is 543 g/mol. The van der Waals surface area contributed by atoms with Gasteiger partial charge in [0, 0.05) is 48.8 Å². The second kappa shape index (κ2) is 12.5. The maximum atomic E-state index is 13.3. The van der Waals surface area contributed by atoms with Crippen molar-refractivity contribution in [3.63, 3.8) is 0 Å². The van der Waals surface area contributed by atoms with Crippen LogP contribution < -0.4 is 4.74 Å². The van der Waals surface area contributed by atoms with Crippen molar-refractivity contribution < 1.29 is 37.2 Å². The second-order valence-corrected chi connectivity index (χ2v) is 11.1. The van der Waals surface area contributed by atoms with Crippen LogP contribution in [0.15, 0.2) is 48.5 Å². The standard InChI is InChI=1S/C29H34F3N3O6/c1-20(2)19-40-24-10-6-4-8-22(24)18-34-16-13-28(26(34)41-27(37)29(30,31)32)11-14-33(15-12-28)25(36)17-21-7-3-5-9-23(21)35(38)39/h3-10,20,26H,11-19H2,1-2H3. The summed E-state index contributed by atoms with van der Waals surface area (Å²) in [6.45, 7) is 5.60. The minimum atomic E-state index is -5.14. The fourth-order valence-corrected chi connectivity index (χ4v) is 5.59. The molecule has 2 aromatic carbocycles. The van der Waals surface area contributed by atoms with Crippen LogP contribution in [0.1, 0.15) is 44.2 Å². The van der Waals surface area contributed by atoms with Crippen LogP contribution in [0.4, 0.5) is 18.9 Å². The number of nitro benzene ring substituents is 1. The molecule has 1 unspecified atom stereocenters. The van der Waals surface area contributed by atoms with Gasteiger partial charge >= 0.3 is 12.1 Å². The van der Waals surface area contributed by atoms with Crippen LogP contribution in [0, 0.1) is 21.4 Å². The van der Waals surface area contributed by atoms with Gasteiger partial charge in [-0.25, -0.2) is 4.79 Å². The molecule has 2 aliphatic rings. The van der Waals surface area contributed by atoms with E-state index in [1.54, 1.807) is 15.9 Å². The van der Waals surface area contributed by atoms with Gasteiger partial charge in [-0.15, -0.1) is 0 Å². The monoisotopic (exact) mass is 577 g/mol. The minimum Gasteiger partial charge on any atom is -0.493 e. The number of carbonyl (C=O) groups is 2. The summed E-state index contributed by atoms with van der Waals surface area (Å²) in [5, 5.41) is 11.3. The minimum absolute atomic E-state index is 0.141. The van der Waals surface area contributed by atoms with E-state index in [1.165, 1.54) is 18.2 Å². The number of para-hydroxylation sites is 2. The SMILES string of the molecule is CC(C)COc1ccccc1CN1CCC2(CCN(C(=O)Cc3ccccc3[N+](=O)[O-])CC2)C1OC(=O)C(F)(F)F. The molecule has 1 amide bonds. The molecule has 0 aliphatic carbocycles. The van der Waals surface area contributed by atoms with Crippen LogP contribution >= 0.6 is 0 Å². The van der Waals surface area contributed by atoms with Gasteiger partial charge in [-0.05, 0) is 31.2 Å². The van der Waals surface area contributed by atoms with E-state index in [0.717, 1.165) is 5.56 Å². The number of hydrogen-bond acceptors (Lipinski definition) is 7. The summed E-state index contributed by atoms with van der Waals surface area (Å²) in [5.41, 5.74) is 0.155. The van der Waals surface area contributed by atoms with E-state index < -0.39 is 28.7 Å². The number of rotatable bonds is 9. The number of hydrogen-bond donors (Lipinski definition) is 0. The highest BCUT2D eigenvalue weighted by molar-refractivity contribution is 5.80. The number of benzene rings is 2. The highest BCUT2D eigenvalue weighted by atomic mass is 19.4. The zero-order valence-corrected chi connectivity index (χ0v) is 23.1. The summed E-state index contributed by atoms with van der Waals surface area (Å²) < 4.78 is 51.0. The Morgan fingerprint density at radius 1 is 1.02 bits per heavy atom. The molecule has 9 nitrogen and oxygen atoms in total. The molecule has 0 bridgehead atoms. The van der Waals surface area contributed by atoms with Gasteiger partial charge in [-0.3, -0.25) is 19.8 Å². The number of piperidine rings is 1. The summed E-state index contributed by atoms with van der Waals surface area (Å²) in [6.07, 6.45) is -5.29. The third-order valence-electron chi connectivity index (χ3n) is 7.76. The molecule has 0 N–H and O–H groups in total. The number of likely N-dealkylation sites (tertiary alicyclic amines) is 2. The summed E-state index contributed by atoms with van der Waals surface area (Å²) in [4.78, 5) is 39.2. The van der Waals surface area contributed by atoms with Crippen LogP contribution in [0.5, 0.6) is 5.75 Å². The molecule has 12 heteroatoms. The summed E-state index contributed by atoms with van der Waals surface area (Å²) >= 11 is 0. The third-order valence-corrected chi connectivity index (χ3v) is 7.76. The molecular formula is C29H34F3N3O6. The van der Waals surface area contributed by atoms with Crippen molar-refractivity contribution in [1.82, 2.24) is 9.80 Å². The smallest absolute Gasteiger partial charge is 0.490 e. The molecule has 2 aromatic rings. The molecule has 4 rings (SSSR count). The van der Waals surface area contributed by atoms with Crippen LogP contribution in [0.2, 0.25) is 0 Å². The van der Waals surface area contributed by atoms with Crippen molar-refractivity contribution in [2.45, 2.75) is 58.5 Å². The molecule has 1 spiro atoms. The summed E-state index contributed by atoms with van der Waals surface area (Å²) in [5.74, 6) is -1.64. The molecule has 1 atom stereocenters. The molecule has 2 aliphatic heterocycles. The van der Waals surface area contributed by atoms with Crippen molar-refractivity contribution in [1.29, 1.82) is 0 Å². The first-order valence-corrected chi connectivity index (χ1v) is 13.6. The number of nitro groups is 1. The Morgan fingerprint density at radius 3 is 2.27 bits per heavy atom. The van der Waals surface area contributed by atoms with Gasteiger partial charge in [0.2, 0.25) is 5.91 Å². The Labute approximate surface area is 236 Å². The van der Waals surface area contributed by atoms with E-state index in [0.29, 0.717) is 43.7 Å². The van der Waals surface area contributed by atoms with Crippen molar-refractivity contribution >= 4 is 17.6 Å². The van der Waals surface area contributed by atoms with E-state index in [2.05, 4.69) is 0 Å². The van der Waals surface area contributed by atoms with Gasteiger partial charge < -0.3 is 14.4 Å². The Hall–Kier alpha value is -3.67. The third kappa shape index (κ3) is 7.16. The van der Waals surface area contributed by atoms with Gasteiger partial charge in [0.25, 0.3) is 5.69 Å². The molecule has 0 aromatic heterocycles. The topological polar surface area (TPSA) is 102 Å².